The number of carboxylic acid groups (broad SMARTS) is 1. The third-order valence-corrected chi connectivity index (χ3v) is 3.78. The van der Waals surface area contributed by atoms with Crippen molar-refractivity contribution in [2.24, 2.45) is 5.41 Å². The van der Waals surface area contributed by atoms with Crippen LogP contribution in [0, 0.1) is 5.41 Å². The summed E-state index contributed by atoms with van der Waals surface area (Å²) in [6.45, 7) is 1.65. The zero-order valence-corrected chi connectivity index (χ0v) is 9.58. The van der Waals surface area contributed by atoms with Crippen LogP contribution in [0.25, 0.3) is 0 Å². The van der Waals surface area contributed by atoms with Crippen LogP contribution in [0.4, 0.5) is 8.78 Å². The first-order chi connectivity index (χ1) is 7.78. The highest BCUT2D eigenvalue weighted by atomic mass is 19.3. The van der Waals surface area contributed by atoms with Crippen molar-refractivity contribution in [1.29, 1.82) is 0 Å². The van der Waals surface area contributed by atoms with Gasteiger partial charge >= 0.3 is 5.97 Å². The van der Waals surface area contributed by atoms with Crippen molar-refractivity contribution in [3.8, 4) is 0 Å². The highest BCUT2D eigenvalue weighted by Gasteiger charge is 2.73. The molecule has 0 aromatic rings. The SMILES string of the molecule is CC1(C(=O)N2CCCC2CC(=O)O)CC1(F)F. The Bertz CT molecular complexity index is 372. The number of nitrogens with zero attached hydrogens (tertiary/aromatic N) is 1. The smallest absolute Gasteiger partial charge is 0.305 e. The lowest BCUT2D eigenvalue weighted by Crippen LogP contribution is -2.42. The summed E-state index contributed by atoms with van der Waals surface area (Å²) in [7, 11) is 0. The Morgan fingerprint density at radius 1 is 1.47 bits per heavy atom. The van der Waals surface area contributed by atoms with Crippen molar-refractivity contribution in [2.45, 2.75) is 44.6 Å². The van der Waals surface area contributed by atoms with Gasteiger partial charge in [-0.2, -0.15) is 0 Å². The van der Waals surface area contributed by atoms with Gasteiger partial charge < -0.3 is 10.0 Å². The summed E-state index contributed by atoms with van der Waals surface area (Å²) in [5.41, 5.74) is -1.60. The molecule has 0 aromatic carbocycles. The molecule has 1 amide bonds. The van der Waals surface area contributed by atoms with Crippen LogP contribution in [-0.4, -0.2) is 40.4 Å². The third kappa shape index (κ3) is 1.89. The molecule has 4 nitrogen and oxygen atoms in total. The molecule has 0 spiro atoms. The monoisotopic (exact) mass is 247 g/mol. The molecule has 2 unspecified atom stereocenters. The van der Waals surface area contributed by atoms with E-state index in [1.54, 1.807) is 0 Å². The summed E-state index contributed by atoms with van der Waals surface area (Å²) in [6, 6.07) is -0.423. The van der Waals surface area contributed by atoms with Gasteiger partial charge in [0.2, 0.25) is 5.91 Å². The van der Waals surface area contributed by atoms with Gasteiger partial charge in [0.25, 0.3) is 5.92 Å². The van der Waals surface area contributed by atoms with Gasteiger partial charge in [0.05, 0.1) is 6.42 Å². The molecule has 2 rings (SSSR count). The van der Waals surface area contributed by atoms with Crippen molar-refractivity contribution in [3.05, 3.63) is 0 Å². The van der Waals surface area contributed by atoms with E-state index in [0.717, 1.165) is 0 Å². The molecule has 2 fully saturated rings. The highest BCUT2D eigenvalue weighted by molar-refractivity contribution is 5.88. The summed E-state index contributed by atoms with van der Waals surface area (Å²) in [6.07, 6.45) is 0.688. The molecular formula is C11H15F2NO3. The second-order valence-corrected chi connectivity index (χ2v) is 5.11. The first kappa shape index (κ1) is 12.3. The maximum absolute atomic E-state index is 13.1. The van der Waals surface area contributed by atoms with Crippen LogP contribution in [0.1, 0.15) is 32.6 Å². The summed E-state index contributed by atoms with van der Waals surface area (Å²) in [5, 5.41) is 8.71. The average molecular weight is 247 g/mol. The fraction of sp³-hybridized carbons (Fsp3) is 0.818. The van der Waals surface area contributed by atoms with Crippen LogP contribution in [0.15, 0.2) is 0 Å². The van der Waals surface area contributed by atoms with Crippen LogP contribution in [0.3, 0.4) is 0 Å². The number of alkyl halides is 2. The lowest BCUT2D eigenvalue weighted by Gasteiger charge is -2.26. The van der Waals surface area contributed by atoms with Crippen molar-refractivity contribution < 1.29 is 23.5 Å². The lowest BCUT2D eigenvalue weighted by molar-refractivity contribution is -0.143. The Kier molecular flexibility index (Phi) is 2.63. The van der Waals surface area contributed by atoms with Gasteiger partial charge in [-0.05, 0) is 19.8 Å². The van der Waals surface area contributed by atoms with Crippen molar-refractivity contribution in [1.82, 2.24) is 4.90 Å². The summed E-state index contributed by atoms with van der Waals surface area (Å²) >= 11 is 0. The van der Waals surface area contributed by atoms with Gasteiger partial charge in [0.1, 0.15) is 5.41 Å². The molecule has 1 aliphatic carbocycles. The summed E-state index contributed by atoms with van der Waals surface area (Å²) in [4.78, 5) is 23.9. The minimum absolute atomic E-state index is 0.159. The van der Waals surface area contributed by atoms with Crippen molar-refractivity contribution in [2.75, 3.05) is 6.54 Å². The molecule has 2 aliphatic rings. The van der Waals surface area contributed by atoms with E-state index < -0.39 is 35.7 Å². The Morgan fingerprint density at radius 3 is 2.53 bits per heavy atom. The van der Waals surface area contributed by atoms with E-state index in [4.69, 9.17) is 5.11 Å². The van der Waals surface area contributed by atoms with Crippen LogP contribution < -0.4 is 0 Å². The number of rotatable bonds is 3. The molecule has 96 valence electrons. The minimum Gasteiger partial charge on any atom is -0.481 e. The zero-order valence-electron chi connectivity index (χ0n) is 9.58. The quantitative estimate of drug-likeness (QED) is 0.822. The molecule has 17 heavy (non-hydrogen) atoms. The van der Waals surface area contributed by atoms with E-state index in [1.807, 2.05) is 0 Å². The van der Waals surface area contributed by atoms with Gasteiger partial charge in [-0.3, -0.25) is 9.59 Å². The van der Waals surface area contributed by atoms with Crippen LogP contribution in [-0.2, 0) is 9.59 Å². The topological polar surface area (TPSA) is 57.6 Å². The minimum atomic E-state index is -2.93. The second-order valence-electron chi connectivity index (χ2n) is 5.11. The van der Waals surface area contributed by atoms with Gasteiger partial charge in [0, 0.05) is 19.0 Å². The lowest BCUT2D eigenvalue weighted by atomic mass is 10.1. The molecule has 0 bridgehead atoms. The van der Waals surface area contributed by atoms with Gasteiger partial charge in [-0.15, -0.1) is 0 Å². The Morgan fingerprint density at radius 2 is 2.06 bits per heavy atom. The van der Waals surface area contributed by atoms with Gasteiger partial charge in [0.15, 0.2) is 0 Å². The Labute approximate surface area is 97.6 Å². The molecule has 1 saturated carbocycles. The first-order valence-electron chi connectivity index (χ1n) is 5.69. The van der Waals surface area contributed by atoms with E-state index >= 15 is 0 Å². The van der Waals surface area contributed by atoms with Crippen molar-refractivity contribution in [3.63, 3.8) is 0 Å². The number of halogens is 2. The maximum Gasteiger partial charge on any atom is 0.305 e. The molecule has 6 heteroatoms. The van der Waals surface area contributed by atoms with Gasteiger partial charge in [-0.25, -0.2) is 8.78 Å². The fourth-order valence-corrected chi connectivity index (χ4v) is 2.47. The molecule has 1 aliphatic heterocycles. The normalized spacial score (nSPS) is 34.8. The van der Waals surface area contributed by atoms with Crippen LogP contribution in [0.2, 0.25) is 0 Å². The Balaban J connectivity index is 2.07. The van der Waals surface area contributed by atoms with E-state index in [-0.39, 0.29) is 6.42 Å². The molecule has 0 radical (unpaired) electrons. The summed E-state index contributed by atoms with van der Waals surface area (Å²) < 4.78 is 26.2. The average Bonchev–Trinajstić information content (AvgIpc) is 2.60. The molecule has 1 N–H and O–H groups in total. The number of hydrogen-bond donors (Lipinski definition) is 1. The first-order valence-corrected chi connectivity index (χ1v) is 5.69. The predicted octanol–water partition coefficient (Wildman–Crippen LogP) is 1.50. The van der Waals surface area contributed by atoms with E-state index in [2.05, 4.69) is 0 Å². The molecule has 1 saturated heterocycles. The summed E-state index contributed by atoms with van der Waals surface area (Å²) in [5.74, 6) is -4.52. The highest BCUT2D eigenvalue weighted by Crippen LogP contribution is 2.61. The van der Waals surface area contributed by atoms with E-state index in [0.29, 0.717) is 19.4 Å². The van der Waals surface area contributed by atoms with E-state index in [9.17, 15) is 18.4 Å². The number of amides is 1. The van der Waals surface area contributed by atoms with Crippen LogP contribution >= 0.6 is 0 Å². The van der Waals surface area contributed by atoms with E-state index in [1.165, 1.54) is 11.8 Å². The number of likely N-dealkylation sites (tertiary alicyclic amines) is 1. The van der Waals surface area contributed by atoms with Crippen molar-refractivity contribution >= 4 is 11.9 Å². The number of hydrogen-bond acceptors (Lipinski definition) is 2. The standard InChI is InChI=1S/C11H15F2NO3/c1-10(6-11(10,12)13)9(17)14-4-2-3-7(14)5-8(15)16/h7H,2-6H2,1H3,(H,15,16). The molecular weight excluding hydrogens is 232 g/mol. The van der Waals surface area contributed by atoms with Crippen LogP contribution in [0.5, 0.6) is 0 Å². The maximum atomic E-state index is 13.1. The predicted molar refractivity (Wildman–Crippen MR) is 54.7 cm³/mol. The number of aliphatic carboxylic acids is 1. The number of carboxylic acids is 1. The second kappa shape index (κ2) is 3.65. The Hall–Kier alpha value is -1.20. The molecule has 0 aromatic heterocycles. The van der Waals surface area contributed by atoms with Gasteiger partial charge in [-0.1, -0.05) is 0 Å². The largest absolute Gasteiger partial charge is 0.481 e. The zero-order chi connectivity index (χ0) is 12.8. The number of carbonyl (C=O) groups excluding carboxylic acids is 1. The molecule has 2 atom stereocenters. The molecule has 1 heterocycles. The third-order valence-electron chi connectivity index (χ3n) is 3.78. The fourth-order valence-electron chi connectivity index (χ4n) is 2.47. The number of carbonyl (C=O) groups is 2.